The number of benzene rings is 5. The Kier molecular flexibility index (Phi) is 8.80. The van der Waals surface area contributed by atoms with Gasteiger partial charge in [-0.25, -0.2) is 0 Å². The molecule has 37 heavy (non-hydrogen) atoms. The van der Waals surface area contributed by atoms with Crippen LogP contribution in [0.3, 0.4) is 0 Å². The summed E-state index contributed by atoms with van der Waals surface area (Å²) in [4.78, 5) is 0. The van der Waals surface area contributed by atoms with Crippen molar-refractivity contribution < 1.29 is 0 Å². The summed E-state index contributed by atoms with van der Waals surface area (Å²) < 4.78 is 0. The smallest absolute Gasteiger partial charge is 0.0855 e. The highest BCUT2D eigenvalue weighted by Gasteiger charge is 2.47. The van der Waals surface area contributed by atoms with Gasteiger partial charge in [-0.05, 0) is 59.4 Å². The summed E-state index contributed by atoms with van der Waals surface area (Å²) in [5.74, 6) is 0. The highest BCUT2D eigenvalue weighted by atomic mass is 31.2. The van der Waals surface area contributed by atoms with E-state index in [-0.39, 0.29) is 0 Å². The van der Waals surface area contributed by atoms with Crippen molar-refractivity contribution in [2.24, 2.45) is 0 Å². The topological polar surface area (TPSA) is 0 Å². The summed E-state index contributed by atoms with van der Waals surface area (Å²) in [7, 11) is -1.91. The van der Waals surface area contributed by atoms with Crippen LogP contribution in [0.1, 0.15) is 19.4 Å². The lowest BCUT2D eigenvalue weighted by atomic mass is 9.36. The first-order valence-corrected chi connectivity index (χ1v) is 14.9. The standard InChI is InChI=1S/C24H20P.C11H17B/c1-5-13-21(14-6-1)25(22-15-7-2-8-16-22,23-17-9-3-10-18-23)24-19-11-4-12-20-24;1-11(2,12(3)4)10-8-6-5-7-9-10/h1-20H;5-9H,1-4H3/q+1;. The Bertz CT molecular complexity index is 1170. The molecule has 0 aliphatic carbocycles. The van der Waals surface area contributed by atoms with Crippen LogP contribution in [0.2, 0.25) is 13.6 Å². The average Bonchev–Trinajstić information content (AvgIpc) is 2.97. The van der Waals surface area contributed by atoms with E-state index in [0.29, 0.717) is 12.0 Å². The fraction of sp³-hybridized carbons (Fsp3) is 0.143. The van der Waals surface area contributed by atoms with Crippen LogP contribution in [0, 0.1) is 0 Å². The fourth-order valence-electron chi connectivity index (χ4n) is 4.70. The predicted octanol–water partition coefficient (Wildman–Crippen LogP) is 7.56. The van der Waals surface area contributed by atoms with Gasteiger partial charge in [0.15, 0.2) is 0 Å². The molecule has 0 fully saturated rings. The molecule has 0 aliphatic heterocycles. The molecule has 0 unspecified atom stereocenters. The molecule has 5 rings (SSSR count). The third-order valence-corrected chi connectivity index (χ3v) is 11.8. The minimum absolute atomic E-state index is 0.293. The highest BCUT2D eigenvalue weighted by Crippen LogP contribution is 2.53. The Hall–Kier alpha value is -3.41. The van der Waals surface area contributed by atoms with Gasteiger partial charge in [-0.3, -0.25) is 0 Å². The summed E-state index contributed by atoms with van der Waals surface area (Å²) in [6, 6.07) is 54.5. The molecule has 0 radical (unpaired) electrons. The van der Waals surface area contributed by atoms with Crippen molar-refractivity contribution in [1.29, 1.82) is 0 Å². The molecule has 2 heteroatoms. The third kappa shape index (κ3) is 5.79. The van der Waals surface area contributed by atoms with E-state index in [1.54, 1.807) is 0 Å². The van der Waals surface area contributed by atoms with Gasteiger partial charge in [0.05, 0.1) is 0 Å². The van der Waals surface area contributed by atoms with Gasteiger partial charge in [0, 0.05) is 0 Å². The number of hydrogen-bond acceptors (Lipinski definition) is 0. The average molecular weight is 499 g/mol. The largest absolute Gasteiger partial charge is 0.145 e. The SMILES string of the molecule is CB(C)C(C)(C)c1ccccc1.c1ccc([P+](c2ccccc2)(c2ccccc2)c2ccccc2)cc1. The maximum Gasteiger partial charge on any atom is 0.145 e. The van der Waals surface area contributed by atoms with Crippen LogP contribution in [0.15, 0.2) is 152 Å². The van der Waals surface area contributed by atoms with E-state index < -0.39 is 7.26 Å². The molecule has 0 amide bonds. The van der Waals surface area contributed by atoms with Crippen molar-refractivity contribution in [3.05, 3.63) is 157 Å². The Morgan fingerprint density at radius 2 is 0.649 bits per heavy atom. The maximum atomic E-state index is 2.30. The van der Waals surface area contributed by atoms with Crippen molar-refractivity contribution in [2.75, 3.05) is 0 Å². The van der Waals surface area contributed by atoms with Gasteiger partial charge in [0.2, 0.25) is 0 Å². The number of rotatable bonds is 6. The van der Waals surface area contributed by atoms with Crippen molar-refractivity contribution in [3.63, 3.8) is 0 Å². The predicted molar refractivity (Wildman–Crippen MR) is 168 cm³/mol. The van der Waals surface area contributed by atoms with Crippen LogP contribution in [0.5, 0.6) is 0 Å². The van der Waals surface area contributed by atoms with E-state index in [0.717, 1.165) is 0 Å². The van der Waals surface area contributed by atoms with Crippen molar-refractivity contribution in [3.8, 4) is 0 Å². The second-order valence-electron chi connectivity index (χ2n) is 10.3. The maximum absolute atomic E-state index is 2.30. The summed E-state index contributed by atoms with van der Waals surface area (Å²) >= 11 is 0. The zero-order valence-electron chi connectivity index (χ0n) is 22.5. The molecule has 5 aromatic carbocycles. The lowest BCUT2D eigenvalue weighted by Crippen LogP contribution is -2.38. The quantitative estimate of drug-likeness (QED) is 0.167. The minimum Gasteiger partial charge on any atom is -0.0855 e. The summed E-state index contributed by atoms with van der Waals surface area (Å²) in [6.07, 6.45) is 0. The van der Waals surface area contributed by atoms with E-state index in [1.165, 1.54) is 26.8 Å². The molecule has 0 nitrogen and oxygen atoms in total. The van der Waals surface area contributed by atoms with Gasteiger partial charge in [-0.1, -0.05) is 131 Å². The monoisotopic (exact) mass is 499 g/mol. The first-order chi connectivity index (χ1) is 18.0. The van der Waals surface area contributed by atoms with Gasteiger partial charge in [-0.2, -0.15) is 0 Å². The Labute approximate surface area is 224 Å². The molecule has 0 saturated carbocycles. The minimum atomic E-state index is -1.91. The van der Waals surface area contributed by atoms with Gasteiger partial charge in [0.1, 0.15) is 35.2 Å². The molecular formula is C35H37BP+. The molecule has 0 spiro atoms. The summed E-state index contributed by atoms with van der Waals surface area (Å²) in [6.45, 7) is 9.82. The van der Waals surface area contributed by atoms with Crippen molar-refractivity contribution in [1.82, 2.24) is 0 Å². The second-order valence-corrected chi connectivity index (χ2v) is 13.7. The highest BCUT2D eigenvalue weighted by molar-refractivity contribution is 8.01. The Morgan fingerprint density at radius 3 is 0.892 bits per heavy atom. The number of hydrogen-bond donors (Lipinski definition) is 0. The van der Waals surface area contributed by atoms with Gasteiger partial charge in [-0.15, -0.1) is 0 Å². The van der Waals surface area contributed by atoms with E-state index in [1.807, 2.05) is 0 Å². The first kappa shape index (κ1) is 26.7. The lowest BCUT2D eigenvalue weighted by Gasteiger charge is -2.27. The van der Waals surface area contributed by atoms with Crippen LogP contribution >= 0.6 is 7.26 Å². The molecule has 0 N–H and O–H groups in total. The molecule has 0 atom stereocenters. The fourth-order valence-corrected chi connectivity index (χ4v) is 8.97. The van der Waals surface area contributed by atoms with Crippen molar-refractivity contribution in [2.45, 2.75) is 32.8 Å². The van der Waals surface area contributed by atoms with Gasteiger partial charge in [0.25, 0.3) is 0 Å². The lowest BCUT2D eigenvalue weighted by molar-refractivity contribution is 0.738. The van der Waals surface area contributed by atoms with E-state index in [4.69, 9.17) is 0 Å². The van der Waals surface area contributed by atoms with Crippen molar-refractivity contribution >= 4 is 35.2 Å². The normalized spacial score (nSPS) is 11.2. The molecule has 5 aromatic rings. The summed E-state index contributed by atoms with van der Waals surface area (Å²) in [5.41, 5.74) is 1.43. The van der Waals surface area contributed by atoms with Crippen LogP contribution in [0.4, 0.5) is 0 Å². The molecule has 0 bridgehead atoms. The van der Waals surface area contributed by atoms with E-state index in [2.05, 4.69) is 179 Å². The van der Waals surface area contributed by atoms with Crippen LogP contribution in [-0.2, 0) is 5.31 Å². The molecule has 0 saturated heterocycles. The molecule has 0 heterocycles. The van der Waals surface area contributed by atoms with E-state index >= 15 is 0 Å². The summed E-state index contributed by atoms with van der Waals surface area (Å²) in [5, 5.41) is 5.84. The zero-order chi connectivity index (χ0) is 26.1. The van der Waals surface area contributed by atoms with E-state index in [9.17, 15) is 0 Å². The Balaban J connectivity index is 0.000000225. The van der Waals surface area contributed by atoms with Crippen LogP contribution < -0.4 is 21.2 Å². The molecule has 184 valence electrons. The Morgan fingerprint density at radius 1 is 0.405 bits per heavy atom. The van der Waals surface area contributed by atoms with Gasteiger partial charge >= 0.3 is 0 Å². The molecule has 0 aliphatic rings. The van der Waals surface area contributed by atoms with Gasteiger partial charge < -0.3 is 0 Å². The molecular weight excluding hydrogens is 462 g/mol. The first-order valence-electron chi connectivity index (χ1n) is 13.1. The van der Waals surface area contributed by atoms with Crippen LogP contribution in [0.25, 0.3) is 0 Å². The third-order valence-electron chi connectivity index (χ3n) is 7.54. The van der Waals surface area contributed by atoms with Crippen LogP contribution in [-0.4, -0.2) is 6.71 Å². The molecule has 0 aromatic heterocycles. The zero-order valence-corrected chi connectivity index (χ0v) is 23.4. The second kappa shape index (κ2) is 12.2.